The van der Waals surface area contributed by atoms with Gasteiger partial charge < -0.3 is 4.74 Å². The normalized spacial score (nSPS) is 15.1. The number of hydrogen-bond donors (Lipinski definition) is 0. The second kappa shape index (κ2) is 8.78. The van der Waals surface area contributed by atoms with E-state index < -0.39 is 0 Å². The van der Waals surface area contributed by atoms with Crippen molar-refractivity contribution < 1.29 is 14.3 Å². The first-order valence-corrected chi connectivity index (χ1v) is 10.5. The SMILES string of the molecule is Cc1ccc(N2C(=O)S/C(=C\c3ccccc3OCc3ccc(Cl)cc3)C2=O)cc1. The maximum Gasteiger partial charge on any atom is 0.298 e. The van der Waals surface area contributed by atoms with E-state index in [-0.39, 0.29) is 11.1 Å². The summed E-state index contributed by atoms with van der Waals surface area (Å²) in [6.45, 7) is 2.32. The fourth-order valence-electron chi connectivity index (χ4n) is 3.00. The molecule has 4 nitrogen and oxygen atoms in total. The molecule has 0 bridgehead atoms. The number of nitrogens with zero attached hydrogens (tertiary/aromatic N) is 1. The molecular weight excluding hydrogens is 418 g/mol. The van der Waals surface area contributed by atoms with Crippen LogP contribution in [0.25, 0.3) is 6.08 Å². The number of halogens is 1. The molecule has 0 aromatic heterocycles. The summed E-state index contributed by atoms with van der Waals surface area (Å²) in [6.07, 6.45) is 1.70. The zero-order valence-corrected chi connectivity index (χ0v) is 17.7. The van der Waals surface area contributed by atoms with Gasteiger partial charge in [-0.15, -0.1) is 0 Å². The number of ether oxygens (including phenoxy) is 1. The predicted octanol–water partition coefficient (Wildman–Crippen LogP) is 6.47. The maximum atomic E-state index is 12.9. The van der Waals surface area contributed by atoms with Gasteiger partial charge in [-0.1, -0.05) is 59.6 Å². The highest BCUT2D eigenvalue weighted by molar-refractivity contribution is 8.19. The van der Waals surface area contributed by atoms with Gasteiger partial charge in [-0.25, -0.2) is 4.90 Å². The van der Waals surface area contributed by atoms with Crippen LogP contribution < -0.4 is 9.64 Å². The minimum Gasteiger partial charge on any atom is -0.488 e. The molecule has 1 fully saturated rings. The van der Waals surface area contributed by atoms with Crippen LogP contribution in [0.3, 0.4) is 0 Å². The van der Waals surface area contributed by atoms with Crippen molar-refractivity contribution in [1.82, 2.24) is 0 Å². The Morgan fingerprint density at radius 2 is 1.67 bits per heavy atom. The molecule has 3 aromatic carbocycles. The molecule has 0 aliphatic carbocycles. The molecule has 1 heterocycles. The lowest BCUT2D eigenvalue weighted by Crippen LogP contribution is -2.27. The van der Waals surface area contributed by atoms with Gasteiger partial charge in [-0.05, 0) is 60.7 Å². The van der Waals surface area contributed by atoms with E-state index >= 15 is 0 Å². The van der Waals surface area contributed by atoms with Crippen molar-refractivity contribution in [3.8, 4) is 5.75 Å². The molecule has 3 aromatic rings. The molecule has 150 valence electrons. The van der Waals surface area contributed by atoms with Crippen LogP contribution >= 0.6 is 23.4 Å². The minimum atomic E-state index is -0.332. The topological polar surface area (TPSA) is 46.6 Å². The van der Waals surface area contributed by atoms with Gasteiger partial charge in [0.25, 0.3) is 11.1 Å². The molecule has 1 aliphatic rings. The molecular formula is C24H18ClNO3S. The summed E-state index contributed by atoms with van der Waals surface area (Å²) in [7, 11) is 0. The summed E-state index contributed by atoms with van der Waals surface area (Å²) in [5.41, 5.74) is 3.35. The number of amides is 2. The van der Waals surface area contributed by atoms with Crippen LogP contribution in [0.15, 0.2) is 77.7 Å². The number of carbonyl (C=O) groups excluding carboxylic acids is 2. The number of thioether (sulfide) groups is 1. The zero-order chi connectivity index (χ0) is 21.1. The van der Waals surface area contributed by atoms with Gasteiger partial charge in [-0.3, -0.25) is 9.59 Å². The quantitative estimate of drug-likeness (QED) is 0.431. The van der Waals surface area contributed by atoms with Crippen LogP contribution in [-0.2, 0) is 11.4 Å². The van der Waals surface area contributed by atoms with E-state index in [1.807, 2.05) is 67.6 Å². The molecule has 0 N–H and O–H groups in total. The molecule has 6 heteroatoms. The van der Waals surface area contributed by atoms with E-state index in [2.05, 4.69) is 0 Å². The van der Waals surface area contributed by atoms with Crippen molar-refractivity contribution in [3.05, 3.63) is 99.4 Å². The fraction of sp³-hybridized carbons (Fsp3) is 0.0833. The lowest BCUT2D eigenvalue weighted by atomic mass is 10.1. The molecule has 1 saturated heterocycles. The van der Waals surface area contributed by atoms with Gasteiger partial charge in [0.2, 0.25) is 0 Å². The Bertz CT molecular complexity index is 1120. The average Bonchev–Trinajstić information content (AvgIpc) is 3.02. The van der Waals surface area contributed by atoms with Crippen molar-refractivity contribution in [2.45, 2.75) is 13.5 Å². The van der Waals surface area contributed by atoms with E-state index in [0.29, 0.717) is 28.0 Å². The first-order chi connectivity index (χ1) is 14.5. The third kappa shape index (κ3) is 4.42. The molecule has 0 atom stereocenters. The van der Waals surface area contributed by atoms with E-state index in [9.17, 15) is 9.59 Å². The van der Waals surface area contributed by atoms with Crippen molar-refractivity contribution in [2.75, 3.05) is 4.90 Å². The van der Waals surface area contributed by atoms with Crippen molar-refractivity contribution in [1.29, 1.82) is 0 Å². The van der Waals surface area contributed by atoms with Gasteiger partial charge in [-0.2, -0.15) is 0 Å². The van der Waals surface area contributed by atoms with Gasteiger partial charge in [0, 0.05) is 10.6 Å². The third-order valence-electron chi connectivity index (χ3n) is 4.60. The molecule has 30 heavy (non-hydrogen) atoms. The Hall–Kier alpha value is -3.02. The molecule has 1 aliphatic heterocycles. The molecule has 0 unspecified atom stereocenters. The van der Waals surface area contributed by atoms with Crippen molar-refractivity contribution in [2.24, 2.45) is 0 Å². The lowest BCUT2D eigenvalue weighted by molar-refractivity contribution is -0.113. The van der Waals surface area contributed by atoms with Gasteiger partial charge in [0.15, 0.2) is 0 Å². The van der Waals surface area contributed by atoms with Crippen LogP contribution in [0.2, 0.25) is 5.02 Å². The van der Waals surface area contributed by atoms with Crippen LogP contribution in [0, 0.1) is 6.92 Å². The van der Waals surface area contributed by atoms with Crippen molar-refractivity contribution in [3.63, 3.8) is 0 Å². The third-order valence-corrected chi connectivity index (χ3v) is 5.72. The first-order valence-electron chi connectivity index (χ1n) is 9.32. The Kier molecular flexibility index (Phi) is 5.93. The Morgan fingerprint density at radius 1 is 0.967 bits per heavy atom. The second-order valence-electron chi connectivity index (χ2n) is 6.81. The number of benzene rings is 3. The van der Waals surface area contributed by atoms with E-state index in [1.54, 1.807) is 18.2 Å². The van der Waals surface area contributed by atoms with E-state index in [1.165, 1.54) is 4.90 Å². The standard InChI is InChI=1S/C24H18ClNO3S/c1-16-6-12-20(13-7-16)26-23(27)22(30-24(26)28)14-18-4-2-3-5-21(18)29-15-17-8-10-19(25)11-9-17/h2-14H,15H2,1H3/b22-14-. The van der Waals surface area contributed by atoms with Crippen LogP contribution in [-0.4, -0.2) is 11.1 Å². The highest BCUT2D eigenvalue weighted by atomic mass is 35.5. The fourth-order valence-corrected chi connectivity index (χ4v) is 3.96. The minimum absolute atomic E-state index is 0.310. The largest absolute Gasteiger partial charge is 0.488 e. The predicted molar refractivity (Wildman–Crippen MR) is 122 cm³/mol. The van der Waals surface area contributed by atoms with Crippen molar-refractivity contribution >= 4 is 46.3 Å². The summed E-state index contributed by atoms with van der Waals surface area (Å²) < 4.78 is 5.95. The highest BCUT2D eigenvalue weighted by Crippen LogP contribution is 2.37. The summed E-state index contributed by atoms with van der Waals surface area (Å²) in [5, 5.41) is 0.359. The van der Waals surface area contributed by atoms with Gasteiger partial charge in [0.1, 0.15) is 12.4 Å². The summed E-state index contributed by atoms with van der Waals surface area (Å²) >= 11 is 6.85. The Labute approximate surface area is 184 Å². The maximum absolute atomic E-state index is 12.9. The average molecular weight is 436 g/mol. The monoisotopic (exact) mass is 435 g/mol. The molecule has 2 amide bonds. The summed E-state index contributed by atoms with van der Waals surface area (Å²) in [6, 6.07) is 22.2. The van der Waals surface area contributed by atoms with E-state index in [0.717, 1.165) is 28.5 Å². The van der Waals surface area contributed by atoms with Crippen LogP contribution in [0.1, 0.15) is 16.7 Å². The van der Waals surface area contributed by atoms with Gasteiger partial charge >= 0.3 is 0 Å². The molecule has 0 saturated carbocycles. The Morgan fingerprint density at radius 3 is 2.40 bits per heavy atom. The number of anilines is 1. The van der Waals surface area contributed by atoms with Gasteiger partial charge in [0.05, 0.1) is 10.6 Å². The zero-order valence-electron chi connectivity index (χ0n) is 16.2. The molecule has 4 rings (SSSR count). The summed E-state index contributed by atoms with van der Waals surface area (Å²) in [4.78, 5) is 26.9. The summed E-state index contributed by atoms with van der Waals surface area (Å²) in [5.74, 6) is 0.302. The number of imide groups is 1. The number of rotatable bonds is 5. The lowest BCUT2D eigenvalue weighted by Gasteiger charge is -2.12. The smallest absolute Gasteiger partial charge is 0.298 e. The van der Waals surface area contributed by atoms with Crippen LogP contribution in [0.5, 0.6) is 5.75 Å². The number of para-hydroxylation sites is 1. The number of hydrogen-bond acceptors (Lipinski definition) is 4. The Balaban J connectivity index is 1.56. The van der Waals surface area contributed by atoms with Crippen LogP contribution in [0.4, 0.5) is 10.5 Å². The first kappa shape index (κ1) is 20.3. The molecule has 0 spiro atoms. The number of carbonyl (C=O) groups is 2. The number of aryl methyl sites for hydroxylation is 1. The van der Waals surface area contributed by atoms with E-state index in [4.69, 9.17) is 16.3 Å². The molecule has 0 radical (unpaired) electrons. The second-order valence-corrected chi connectivity index (χ2v) is 8.24. The highest BCUT2D eigenvalue weighted by Gasteiger charge is 2.36.